The molecule has 138 valence electrons. The first kappa shape index (κ1) is 16.9. The van der Waals surface area contributed by atoms with Crippen molar-refractivity contribution >= 4 is 18.4 Å². The Kier molecular flexibility index (Phi) is 4.21. The van der Waals surface area contributed by atoms with Crippen molar-refractivity contribution in [3.63, 3.8) is 0 Å². The average Bonchev–Trinajstić information content (AvgIpc) is 3.06. The van der Waals surface area contributed by atoms with Crippen LogP contribution in [0.1, 0.15) is 29.2 Å². The zero-order chi connectivity index (χ0) is 18.4. The molecule has 27 heavy (non-hydrogen) atoms. The van der Waals surface area contributed by atoms with Gasteiger partial charge in [0.25, 0.3) is 0 Å². The lowest BCUT2D eigenvalue weighted by Gasteiger charge is -2.35. The van der Waals surface area contributed by atoms with Crippen LogP contribution in [0.3, 0.4) is 0 Å². The van der Waals surface area contributed by atoms with E-state index < -0.39 is 0 Å². The molecule has 5 heteroatoms. The summed E-state index contributed by atoms with van der Waals surface area (Å²) in [7, 11) is 0. The second-order valence-corrected chi connectivity index (χ2v) is 7.70. The van der Waals surface area contributed by atoms with Crippen molar-refractivity contribution in [1.29, 1.82) is 0 Å². The third-order valence-electron chi connectivity index (χ3n) is 5.59. The fraction of sp³-hybridized carbons (Fsp3) is 0.318. The highest BCUT2D eigenvalue weighted by Gasteiger charge is 2.32. The Bertz CT molecular complexity index is 947. The molecule has 2 aliphatic heterocycles. The van der Waals surface area contributed by atoms with Crippen LogP contribution in [0.15, 0.2) is 53.3 Å². The molecule has 4 nitrogen and oxygen atoms in total. The number of fused-ring (bicyclic) bond motifs is 3. The monoisotopic (exact) mass is 379 g/mol. The maximum absolute atomic E-state index is 12.5. The fourth-order valence-corrected chi connectivity index (χ4v) is 4.65. The summed E-state index contributed by atoms with van der Waals surface area (Å²) >= 11 is 4.73. The Morgan fingerprint density at radius 3 is 2.70 bits per heavy atom. The molecule has 1 aliphatic carbocycles. The van der Waals surface area contributed by atoms with Crippen LogP contribution in [0.25, 0.3) is 11.1 Å². The van der Waals surface area contributed by atoms with E-state index in [1.165, 1.54) is 22.3 Å². The van der Waals surface area contributed by atoms with E-state index in [-0.39, 0.29) is 11.9 Å². The Morgan fingerprint density at radius 1 is 1.04 bits per heavy atom. The maximum Gasteiger partial charge on any atom is 0.193 e. The Labute approximate surface area is 164 Å². The van der Waals surface area contributed by atoms with Gasteiger partial charge in [0, 0.05) is 29.6 Å². The van der Waals surface area contributed by atoms with Crippen molar-refractivity contribution < 1.29 is 14.3 Å². The first-order valence-electron chi connectivity index (χ1n) is 9.37. The number of ketones is 1. The van der Waals surface area contributed by atoms with Gasteiger partial charge in [0.05, 0.1) is 19.6 Å². The van der Waals surface area contributed by atoms with Gasteiger partial charge in [-0.3, -0.25) is 4.79 Å². The number of hydrogen-bond acceptors (Lipinski definition) is 5. The Morgan fingerprint density at radius 2 is 1.85 bits per heavy atom. The third kappa shape index (κ3) is 2.95. The van der Waals surface area contributed by atoms with E-state index in [0.717, 1.165) is 30.0 Å². The number of rotatable bonds is 2. The van der Waals surface area contributed by atoms with Crippen LogP contribution in [0, 0.1) is 0 Å². The Hall–Kier alpha value is -2.24. The van der Waals surface area contributed by atoms with E-state index in [2.05, 4.69) is 35.2 Å². The number of carbonyl (C=O) groups excluding carboxylic acids is 1. The molecule has 1 saturated heterocycles. The average molecular weight is 379 g/mol. The van der Waals surface area contributed by atoms with Gasteiger partial charge >= 0.3 is 0 Å². The van der Waals surface area contributed by atoms with E-state index in [4.69, 9.17) is 22.1 Å². The predicted octanol–water partition coefficient (Wildman–Crippen LogP) is 3.75. The minimum Gasteiger partial charge on any atom is -0.470 e. The number of ether oxygens (including phenoxy) is 2. The molecule has 1 fully saturated rings. The van der Waals surface area contributed by atoms with Crippen molar-refractivity contribution in [2.45, 2.75) is 23.8 Å². The molecule has 1 unspecified atom stereocenters. The minimum absolute atomic E-state index is 0.105. The van der Waals surface area contributed by atoms with Gasteiger partial charge in [-0.15, -0.1) is 12.6 Å². The maximum atomic E-state index is 12.5. The molecule has 0 bridgehead atoms. The topological polar surface area (TPSA) is 38.8 Å². The summed E-state index contributed by atoms with van der Waals surface area (Å²) in [6.45, 7) is 2.82. The third-order valence-corrected chi connectivity index (χ3v) is 5.98. The van der Waals surface area contributed by atoms with E-state index in [1.54, 1.807) is 6.08 Å². The highest BCUT2D eigenvalue weighted by molar-refractivity contribution is 7.80. The first-order chi connectivity index (χ1) is 13.2. The zero-order valence-corrected chi connectivity index (χ0v) is 15.9. The summed E-state index contributed by atoms with van der Waals surface area (Å²) in [6, 6.07) is 12.6. The number of morpholine rings is 1. The van der Waals surface area contributed by atoms with Gasteiger partial charge < -0.3 is 14.4 Å². The van der Waals surface area contributed by atoms with Crippen LogP contribution in [0.5, 0.6) is 0 Å². The van der Waals surface area contributed by atoms with Crippen LogP contribution >= 0.6 is 12.6 Å². The molecule has 0 aromatic heterocycles. The van der Waals surface area contributed by atoms with Gasteiger partial charge in [-0.25, -0.2) is 0 Å². The van der Waals surface area contributed by atoms with Crippen molar-refractivity contribution in [3.8, 4) is 11.1 Å². The molecule has 1 atom stereocenters. The van der Waals surface area contributed by atoms with Gasteiger partial charge in [0.15, 0.2) is 11.7 Å². The van der Waals surface area contributed by atoms with Crippen LogP contribution in [0.2, 0.25) is 0 Å². The fourth-order valence-electron chi connectivity index (χ4n) is 4.29. The predicted molar refractivity (Wildman–Crippen MR) is 106 cm³/mol. The summed E-state index contributed by atoms with van der Waals surface area (Å²) in [5.41, 5.74) is 6.12. The van der Waals surface area contributed by atoms with Crippen molar-refractivity contribution in [1.82, 2.24) is 4.90 Å². The van der Waals surface area contributed by atoms with Crippen LogP contribution in [-0.2, 0) is 20.7 Å². The normalized spacial score (nSPS) is 21.4. The number of thiol groups is 1. The van der Waals surface area contributed by atoms with Gasteiger partial charge in [-0.05, 0) is 34.7 Å². The quantitative estimate of drug-likeness (QED) is 0.689. The molecule has 0 spiro atoms. The van der Waals surface area contributed by atoms with Crippen molar-refractivity contribution in [3.05, 3.63) is 65.0 Å². The minimum atomic E-state index is -0.294. The molecular formula is C22H21NO3S. The van der Waals surface area contributed by atoms with E-state index in [0.29, 0.717) is 25.5 Å². The summed E-state index contributed by atoms with van der Waals surface area (Å²) < 4.78 is 11.8. The largest absolute Gasteiger partial charge is 0.470 e. The molecule has 0 saturated carbocycles. The standard InChI is InChI=1S/C22H21NO3S/c24-15-12-19(26-21(13-15)23-7-9-25-10-8-23)22-18-11-14-3-1-2-4-16(14)17(18)5-6-20(22)27/h1-6,13,19,27H,7-12H2. The number of carbonyl (C=O) groups is 1. The molecule has 0 amide bonds. The van der Waals surface area contributed by atoms with E-state index >= 15 is 0 Å². The number of allylic oxidation sites excluding steroid dienone is 1. The molecule has 3 aliphatic rings. The molecule has 0 N–H and O–H groups in total. The Balaban J connectivity index is 1.52. The molecular weight excluding hydrogens is 358 g/mol. The SMILES string of the molecule is O=C1C=C(N2CCOCC2)OC(c2c(S)ccc3c2Cc2ccccc2-3)C1. The van der Waals surface area contributed by atoms with Gasteiger partial charge in [0.2, 0.25) is 0 Å². The molecule has 2 aromatic rings. The lowest BCUT2D eigenvalue weighted by atomic mass is 9.93. The van der Waals surface area contributed by atoms with Crippen molar-refractivity contribution in [2.24, 2.45) is 0 Å². The van der Waals surface area contributed by atoms with Gasteiger partial charge in [-0.1, -0.05) is 30.3 Å². The highest BCUT2D eigenvalue weighted by atomic mass is 32.1. The van der Waals surface area contributed by atoms with E-state index in [1.807, 2.05) is 6.07 Å². The molecule has 2 aromatic carbocycles. The lowest BCUT2D eigenvalue weighted by molar-refractivity contribution is -0.120. The van der Waals surface area contributed by atoms with Crippen LogP contribution < -0.4 is 0 Å². The molecule has 2 heterocycles. The zero-order valence-electron chi connectivity index (χ0n) is 15.0. The second-order valence-electron chi connectivity index (χ2n) is 7.22. The summed E-state index contributed by atoms with van der Waals surface area (Å²) in [6.07, 6.45) is 2.56. The smallest absolute Gasteiger partial charge is 0.193 e. The summed E-state index contributed by atoms with van der Waals surface area (Å²) in [4.78, 5) is 15.5. The van der Waals surface area contributed by atoms with Gasteiger partial charge in [-0.2, -0.15) is 0 Å². The van der Waals surface area contributed by atoms with Crippen LogP contribution in [-0.4, -0.2) is 37.0 Å². The van der Waals surface area contributed by atoms with E-state index in [9.17, 15) is 4.79 Å². The molecule has 5 rings (SSSR count). The summed E-state index contributed by atoms with van der Waals surface area (Å²) in [5, 5.41) is 0. The summed E-state index contributed by atoms with van der Waals surface area (Å²) in [5.74, 6) is 0.772. The first-order valence-corrected chi connectivity index (χ1v) is 9.82. The number of hydrogen-bond donors (Lipinski definition) is 1. The van der Waals surface area contributed by atoms with Crippen LogP contribution in [0.4, 0.5) is 0 Å². The lowest BCUT2D eigenvalue weighted by Crippen LogP contribution is -2.38. The molecule has 0 radical (unpaired) electrons. The highest BCUT2D eigenvalue weighted by Crippen LogP contribution is 2.44. The van der Waals surface area contributed by atoms with Crippen molar-refractivity contribution in [2.75, 3.05) is 26.3 Å². The number of benzene rings is 2. The van der Waals surface area contributed by atoms with Gasteiger partial charge in [0.1, 0.15) is 6.10 Å². The second kappa shape index (κ2) is 6.73. The number of nitrogens with zero attached hydrogens (tertiary/aromatic N) is 1.